The van der Waals surface area contributed by atoms with Crippen LogP contribution in [-0.2, 0) is 6.42 Å². The highest BCUT2D eigenvalue weighted by atomic mass is 32.1. The summed E-state index contributed by atoms with van der Waals surface area (Å²) in [5.41, 5.74) is 3.69. The Morgan fingerprint density at radius 1 is 0.852 bits per heavy atom. The van der Waals surface area contributed by atoms with Gasteiger partial charge < -0.3 is 4.74 Å². The predicted octanol–water partition coefficient (Wildman–Crippen LogP) is 7.66. The van der Waals surface area contributed by atoms with Gasteiger partial charge in [-0.2, -0.15) is 0 Å². The van der Waals surface area contributed by atoms with Crippen LogP contribution in [0.5, 0.6) is 5.75 Å². The summed E-state index contributed by atoms with van der Waals surface area (Å²) in [6.45, 7) is 5.29. The Morgan fingerprint density at radius 3 is 2.41 bits per heavy atom. The van der Waals surface area contributed by atoms with Crippen molar-refractivity contribution in [3.63, 3.8) is 0 Å². The summed E-state index contributed by atoms with van der Waals surface area (Å²) >= 11 is 1.78. The third-order valence-corrected chi connectivity index (χ3v) is 5.96. The predicted molar refractivity (Wildman–Crippen MR) is 118 cm³/mol. The molecule has 2 aromatic carbocycles. The number of aromatic nitrogens is 1. The largest absolute Gasteiger partial charge is 0.494 e. The molecule has 0 spiro atoms. The average Bonchev–Trinajstić information content (AvgIpc) is 3.13. The second kappa shape index (κ2) is 10.5. The van der Waals surface area contributed by atoms with Crippen LogP contribution >= 0.6 is 11.3 Å². The van der Waals surface area contributed by atoms with Crippen LogP contribution in [0.15, 0.2) is 42.5 Å². The number of ether oxygens (including phenoxy) is 1. The molecule has 0 radical (unpaired) electrons. The summed E-state index contributed by atoms with van der Waals surface area (Å²) in [5, 5.41) is 1.09. The summed E-state index contributed by atoms with van der Waals surface area (Å²) in [7, 11) is 0. The summed E-state index contributed by atoms with van der Waals surface area (Å²) in [6.07, 6.45) is 9.97. The van der Waals surface area contributed by atoms with Gasteiger partial charge in [0.15, 0.2) is 0 Å². The van der Waals surface area contributed by atoms with E-state index in [1.165, 1.54) is 54.4 Å². The first kappa shape index (κ1) is 19.9. The number of benzene rings is 2. The summed E-state index contributed by atoms with van der Waals surface area (Å²) in [5.74, 6) is 0.956. The lowest BCUT2D eigenvalue weighted by molar-refractivity contribution is 0.304. The number of aryl methyl sites for hydroxylation is 1. The van der Waals surface area contributed by atoms with Gasteiger partial charge in [0.05, 0.1) is 16.8 Å². The van der Waals surface area contributed by atoms with E-state index in [4.69, 9.17) is 9.72 Å². The van der Waals surface area contributed by atoms with Gasteiger partial charge in [-0.3, -0.25) is 0 Å². The minimum atomic E-state index is 0.810. The molecule has 0 saturated carbocycles. The average molecular weight is 382 g/mol. The van der Waals surface area contributed by atoms with Crippen LogP contribution in [0.2, 0.25) is 0 Å². The van der Waals surface area contributed by atoms with Crippen molar-refractivity contribution in [3.05, 3.63) is 48.0 Å². The number of unbranched alkanes of at least 4 members (excludes halogenated alkanes) is 5. The van der Waals surface area contributed by atoms with Crippen LogP contribution < -0.4 is 4.74 Å². The normalized spacial score (nSPS) is 11.2. The summed E-state index contributed by atoms with van der Waals surface area (Å²) in [4.78, 5) is 4.82. The van der Waals surface area contributed by atoms with Crippen molar-refractivity contribution in [2.24, 2.45) is 0 Å². The lowest BCUT2D eigenvalue weighted by Crippen LogP contribution is -1.97. The summed E-state index contributed by atoms with van der Waals surface area (Å²) < 4.78 is 7.16. The lowest BCUT2D eigenvalue weighted by atomic mass is 10.1. The van der Waals surface area contributed by atoms with E-state index >= 15 is 0 Å². The standard InChI is InChI=1S/C24H31NOS/c1-3-5-7-8-9-17-26-21-14-12-20(13-15-21)24-25-22-16-11-19(10-6-4-2)18-23(22)27-24/h11-16,18H,3-10,17H2,1-2H3. The molecule has 3 aromatic rings. The maximum Gasteiger partial charge on any atom is 0.124 e. The van der Waals surface area contributed by atoms with Crippen LogP contribution in [0.1, 0.15) is 64.4 Å². The van der Waals surface area contributed by atoms with E-state index in [-0.39, 0.29) is 0 Å². The van der Waals surface area contributed by atoms with Crippen molar-refractivity contribution in [1.29, 1.82) is 0 Å². The molecule has 144 valence electrons. The molecule has 0 N–H and O–H groups in total. The Labute approximate surface area is 167 Å². The van der Waals surface area contributed by atoms with Gasteiger partial charge in [0, 0.05) is 5.56 Å². The van der Waals surface area contributed by atoms with Gasteiger partial charge in [0.25, 0.3) is 0 Å². The maximum atomic E-state index is 5.87. The minimum Gasteiger partial charge on any atom is -0.494 e. The van der Waals surface area contributed by atoms with Gasteiger partial charge in [0.2, 0.25) is 0 Å². The van der Waals surface area contributed by atoms with E-state index in [1.54, 1.807) is 11.3 Å². The second-order valence-electron chi connectivity index (χ2n) is 7.21. The molecule has 27 heavy (non-hydrogen) atoms. The molecule has 3 heteroatoms. The van der Waals surface area contributed by atoms with Crippen LogP contribution in [0.25, 0.3) is 20.8 Å². The van der Waals surface area contributed by atoms with Crippen molar-refractivity contribution in [3.8, 4) is 16.3 Å². The molecule has 0 atom stereocenters. The molecule has 0 aliphatic carbocycles. The highest BCUT2D eigenvalue weighted by molar-refractivity contribution is 7.21. The van der Waals surface area contributed by atoms with Crippen molar-refractivity contribution >= 4 is 21.6 Å². The molecule has 1 aromatic heterocycles. The lowest BCUT2D eigenvalue weighted by Gasteiger charge is -2.06. The number of fused-ring (bicyclic) bond motifs is 1. The van der Waals surface area contributed by atoms with E-state index in [2.05, 4.69) is 56.3 Å². The van der Waals surface area contributed by atoms with Crippen LogP contribution in [0.4, 0.5) is 0 Å². The fourth-order valence-corrected chi connectivity index (χ4v) is 4.25. The van der Waals surface area contributed by atoms with Gasteiger partial charge in [-0.25, -0.2) is 4.98 Å². The van der Waals surface area contributed by atoms with Crippen LogP contribution in [0.3, 0.4) is 0 Å². The Morgan fingerprint density at radius 2 is 1.63 bits per heavy atom. The minimum absolute atomic E-state index is 0.810. The zero-order valence-corrected chi connectivity index (χ0v) is 17.5. The summed E-state index contributed by atoms with van der Waals surface area (Å²) in [6, 6.07) is 15.1. The van der Waals surface area contributed by atoms with E-state index in [0.29, 0.717) is 0 Å². The molecule has 0 saturated heterocycles. The Hall–Kier alpha value is -1.87. The zero-order valence-electron chi connectivity index (χ0n) is 16.7. The van der Waals surface area contributed by atoms with Crippen molar-refractivity contribution < 1.29 is 4.74 Å². The maximum absolute atomic E-state index is 5.87. The van der Waals surface area contributed by atoms with Gasteiger partial charge in [-0.15, -0.1) is 11.3 Å². The first-order valence-electron chi connectivity index (χ1n) is 10.4. The quantitative estimate of drug-likeness (QED) is 0.318. The van der Waals surface area contributed by atoms with E-state index < -0.39 is 0 Å². The number of thiazole rings is 1. The molecule has 0 amide bonds. The number of rotatable bonds is 11. The monoisotopic (exact) mass is 381 g/mol. The molecule has 0 fully saturated rings. The molecule has 2 nitrogen and oxygen atoms in total. The first-order valence-corrected chi connectivity index (χ1v) is 11.2. The van der Waals surface area contributed by atoms with Gasteiger partial charge in [-0.05, 0) is 61.2 Å². The molecule has 0 aliphatic heterocycles. The van der Waals surface area contributed by atoms with E-state index in [0.717, 1.165) is 35.7 Å². The molecule has 0 bridgehead atoms. The molecule has 3 rings (SSSR count). The topological polar surface area (TPSA) is 22.1 Å². The smallest absolute Gasteiger partial charge is 0.124 e. The third-order valence-electron chi connectivity index (χ3n) is 4.89. The highest BCUT2D eigenvalue weighted by Crippen LogP contribution is 2.32. The van der Waals surface area contributed by atoms with E-state index in [1.807, 2.05) is 0 Å². The second-order valence-corrected chi connectivity index (χ2v) is 8.24. The highest BCUT2D eigenvalue weighted by Gasteiger charge is 2.07. The van der Waals surface area contributed by atoms with Crippen LogP contribution in [0, 0.1) is 0 Å². The molecule has 0 unspecified atom stereocenters. The SMILES string of the molecule is CCCCCCCOc1ccc(-c2nc3ccc(CCCC)cc3s2)cc1. The molecular formula is C24H31NOS. The van der Waals surface area contributed by atoms with Crippen molar-refractivity contribution in [2.45, 2.75) is 65.2 Å². The zero-order chi connectivity index (χ0) is 18.9. The van der Waals surface area contributed by atoms with Gasteiger partial charge >= 0.3 is 0 Å². The Bertz CT molecular complexity index is 822. The van der Waals surface area contributed by atoms with Crippen molar-refractivity contribution in [2.75, 3.05) is 6.61 Å². The fourth-order valence-electron chi connectivity index (χ4n) is 3.22. The molecule has 1 heterocycles. The van der Waals surface area contributed by atoms with E-state index in [9.17, 15) is 0 Å². The van der Waals surface area contributed by atoms with Gasteiger partial charge in [0.1, 0.15) is 10.8 Å². The van der Waals surface area contributed by atoms with Crippen molar-refractivity contribution in [1.82, 2.24) is 4.98 Å². The number of nitrogens with zero attached hydrogens (tertiary/aromatic N) is 1. The Balaban J connectivity index is 1.59. The Kier molecular flexibility index (Phi) is 7.70. The third kappa shape index (κ3) is 5.80. The molecular weight excluding hydrogens is 350 g/mol. The van der Waals surface area contributed by atoms with Crippen LogP contribution in [-0.4, -0.2) is 11.6 Å². The number of hydrogen-bond acceptors (Lipinski definition) is 3. The molecule has 0 aliphatic rings. The van der Waals surface area contributed by atoms with Gasteiger partial charge in [-0.1, -0.05) is 52.0 Å². The fraction of sp³-hybridized carbons (Fsp3) is 0.458. The first-order chi connectivity index (χ1) is 13.3. The number of hydrogen-bond donors (Lipinski definition) is 0.